The highest BCUT2D eigenvalue weighted by atomic mass is 35.5. The van der Waals surface area contributed by atoms with Crippen LogP contribution in [-0.4, -0.2) is 31.1 Å². The Morgan fingerprint density at radius 2 is 2.05 bits per heavy atom. The number of nitrogens with zero attached hydrogens (tertiary/aromatic N) is 2. The fourth-order valence-corrected chi connectivity index (χ4v) is 2.60. The fraction of sp³-hybridized carbons (Fsp3) is 0.438. The number of halogens is 2. The van der Waals surface area contributed by atoms with Crippen molar-refractivity contribution >= 4 is 24.8 Å². The molecule has 1 heterocycles. The van der Waals surface area contributed by atoms with E-state index in [9.17, 15) is 0 Å². The van der Waals surface area contributed by atoms with Crippen molar-refractivity contribution in [3.63, 3.8) is 0 Å². The summed E-state index contributed by atoms with van der Waals surface area (Å²) in [4.78, 5) is 2.49. The zero-order valence-electron chi connectivity index (χ0n) is 12.3. The molecule has 1 fully saturated rings. The summed E-state index contributed by atoms with van der Waals surface area (Å²) in [7, 11) is 0. The number of hydrogen-bond acceptors (Lipinski definition) is 3. The third kappa shape index (κ3) is 5.68. The lowest BCUT2D eigenvalue weighted by Crippen LogP contribution is -2.45. The third-order valence-corrected chi connectivity index (χ3v) is 3.53. The van der Waals surface area contributed by atoms with Crippen LogP contribution in [0.25, 0.3) is 0 Å². The van der Waals surface area contributed by atoms with Crippen molar-refractivity contribution in [1.29, 1.82) is 5.26 Å². The molecule has 1 saturated heterocycles. The number of nitrogens with one attached hydrogen (secondary N) is 1. The molecule has 1 aromatic carbocycles. The largest absolute Gasteiger partial charge is 0.314 e. The van der Waals surface area contributed by atoms with Crippen LogP contribution in [0.15, 0.2) is 36.4 Å². The molecular weight excluding hydrogens is 305 g/mol. The molecule has 1 atom stereocenters. The Kier molecular flexibility index (Phi) is 9.32. The molecule has 0 aromatic heterocycles. The molecule has 1 aromatic rings. The first-order valence-corrected chi connectivity index (χ1v) is 6.80. The monoisotopic (exact) mass is 327 g/mol. The summed E-state index contributed by atoms with van der Waals surface area (Å²) in [5.41, 5.74) is 3.15. The Balaban J connectivity index is 0.00000200. The zero-order valence-corrected chi connectivity index (χ0v) is 14.0. The first-order valence-electron chi connectivity index (χ1n) is 6.80. The van der Waals surface area contributed by atoms with E-state index in [0.29, 0.717) is 6.04 Å². The molecule has 1 aliphatic rings. The van der Waals surface area contributed by atoms with Crippen LogP contribution in [0.5, 0.6) is 0 Å². The lowest BCUT2D eigenvalue weighted by Gasteiger charge is -2.35. The summed E-state index contributed by atoms with van der Waals surface area (Å²) in [5, 5.41) is 12.4. The minimum absolute atomic E-state index is 0. The Bertz CT molecular complexity index is 491. The molecular formula is C16H23Cl2N3. The van der Waals surface area contributed by atoms with Gasteiger partial charge in [-0.1, -0.05) is 17.7 Å². The van der Waals surface area contributed by atoms with Crippen molar-refractivity contribution in [3.8, 4) is 6.07 Å². The SMILES string of the molecule is C=C(C)C[C@H](c1cccc(C#N)c1)N1CCNCC1.Cl.Cl. The molecule has 0 saturated carbocycles. The van der Waals surface area contributed by atoms with Gasteiger partial charge in [-0.25, -0.2) is 0 Å². The van der Waals surface area contributed by atoms with E-state index >= 15 is 0 Å². The van der Waals surface area contributed by atoms with E-state index in [1.54, 1.807) is 0 Å². The van der Waals surface area contributed by atoms with E-state index in [2.05, 4.69) is 35.9 Å². The lowest BCUT2D eigenvalue weighted by atomic mass is 9.96. The quantitative estimate of drug-likeness (QED) is 0.862. The predicted octanol–water partition coefficient (Wildman–Crippen LogP) is 3.31. The van der Waals surface area contributed by atoms with E-state index in [1.165, 1.54) is 11.1 Å². The molecule has 0 aliphatic carbocycles. The van der Waals surface area contributed by atoms with Crippen LogP contribution in [0.2, 0.25) is 0 Å². The maximum Gasteiger partial charge on any atom is 0.0991 e. The highest BCUT2D eigenvalue weighted by Crippen LogP contribution is 2.27. The van der Waals surface area contributed by atoms with Gasteiger partial charge in [0.1, 0.15) is 0 Å². The van der Waals surface area contributed by atoms with Crippen molar-refractivity contribution in [2.24, 2.45) is 0 Å². The lowest BCUT2D eigenvalue weighted by molar-refractivity contribution is 0.172. The summed E-state index contributed by atoms with van der Waals surface area (Å²) in [5.74, 6) is 0. The number of hydrogen-bond donors (Lipinski definition) is 1. The first-order chi connectivity index (χ1) is 9.20. The van der Waals surface area contributed by atoms with Gasteiger partial charge in [-0.3, -0.25) is 4.90 Å². The van der Waals surface area contributed by atoms with Gasteiger partial charge in [-0.05, 0) is 31.0 Å². The van der Waals surface area contributed by atoms with E-state index < -0.39 is 0 Å². The standard InChI is InChI=1S/C16H21N3.2ClH/c1-13(2)10-16(19-8-6-18-7-9-19)15-5-3-4-14(11-15)12-17;;/h3-5,11,16,18H,1,6-10H2,2H3;2*1H/t16-;;/m1../s1. The van der Waals surface area contributed by atoms with Crippen LogP contribution < -0.4 is 5.32 Å². The second-order valence-electron chi connectivity index (χ2n) is 5.20. The predicted molar refractivity (Wildman–Crippen MR) is 92.3 cm³/mol. The Hall–Kier alpha value is -1.05. The molecule has 116 valence electrons. The molecule has 0 amide bonds. The molecule has 1 N–H and O–H groups in total. The minimum atomic E-state index is 0. The van der Waals surface area contributed by atoms with Crippen LogP contribution >= 0.6 is 24.8 Å². The number of benzene rings is 1. The highest BCUT2D eigenvalue weighted by Gasteiger charge is 2.22. The van der Waals surface area contributed by atoms with Crippen molar-refractivity contribution in [3.05, 3.63) is 47.5 Å². The summed E-state index contributed by atoms with van der Waals surface area (Å²) < 4.78 is 0. The van der Waals surface area contributed by atoms with Gasteiger partial charge in [0.15, 0.2) is 0 Å². The molecule has 21 heavy (non-hydrogen) atoms. The van der Waals surface area contributed by atoms with Gasteiger partial charge in [0.05, 0.1) is 11.6 Å². The summed E-state index contributed by atoms with van der Waals surface area (Å²) in [6, 6.07) is 10.5. The van der Waals surface area contributed by atoms with Crippen molar-refractivity contribution < 1.29 is 0 Å². The van der Waals surface area contributed by atoms with E-state index in [4.69, 9.17) is 5.26 Å². The van der Waals surface area contributed by atoms with Crippen LogP contribution in [0, 0.1) is 11.3 Å². The van der Waals surface area contributed by atoms with Crippen molar-refractivity contribution in [2.75, 3.05) is 26.2 Å². The Morgan fingerprint density at radius 3 is 2.62 bits per heavy atom. The van der Waals surface area contributed by atoms with Gasteiger partial charge in [-0.15, -0.1) is 31.4 Å². The molecule has 2 rings (SSSR count). The second kappa shape index (κ2) is 9.81. The Morgan fingerprint density at radius 1 is 1.38 bits per heavy atom. The third-order valence-electron chi connectivity index (χ3n) is 3.53. The topological polar surface area (TPSA) is 39.1 Å². The smallest absolute Gasteiger partial charge is 0.0991 e. The van der Waals surface area contributed by atoms with Gasteiger partial charge in [-0.2, -0.15) is 5.26 Å². The van der Waals surface area contributed by atoms with Crippen LogP contribution in [0.4, 0.5) is 0 Å². The maximum atomic E-state index is 9.04. The van der Waals surface area contributed by atoms with Crippen molar-refractivity contribution in [2.45, 2.75) is 19.4 Å². The van der Waals surface area contributed by atoms with Crippen LogP contribution in [-0.2, 0) is 0 Å². The summed E-state index contributed by atoms with van der Waals surface area (Å²) >= 11 is 0. The van der Waals surface area contributed by atoms with E-state index in [-0.39, 0.29) is 24.8 Å². The summed E-state index contributed by atoms with van der Waals surface area (Å²) in [6.07, 6.45) is 0.953. The maximum absolute atomic E-state index is 9.04. The van der Waals surface area contributed by atoms with Crippen LogP contribution in [0.1, 0.15) is 30.5 Å². The normalized spacial score (nSPS) is 16.0. The molecule has 5 heteroatoms. The summed E-state index contributed by atoms with van der Waals surface area (Å²) in [6.45, 7) is 10.3. The highest BCUT2D eigenvalue weighted by molar-refractivity contribution is 5.85. The molecule has 0 spiro atoms. The number of nitriles is 1. The van der Waals surface area contributed by atoms with Gasteiger partial charge in [0, 0.05) is 32.2 Å². The van der Waals surface area contributed by atoms with Gasteiger partial charge in [0.25, 0.3) is 0 Å². The van der Waals surface area contributed by atoms with E-state index in [1.807, 2.05) is 18.2 Å². The minimum Gasteiger partial charge on any atom is -0.314 e. The number of piperazine rings is 1. The fourth-order valence-electron chi connectivity index (χ4n) is 2.60. The first kappa shape index (κ1) is 19.9. The Labute approximate surface area is 139 Å². The molecule has 0 unspecified atom stereocenters. The van der Waals surface area contributed by atoms with E-state index in [0.717, 1.165) is 38.2 Å². The van der Waals surface area contributed by atoms with Gasteiger partial charge >= 0.3 is 0 Å². The van der Waals surface area contributed by atoms with Gasteiger partial charge in [0.2, 0.25) is 0 Å². The van der Waals surface area contributed by atoms with Crippen molar-refractivity contribution in [1.82, 2.24) is 10.2 Å². The zero-order chi connectivity index (χ0) is 13.7. The van der Waals surface area contributed by atoms with Gasteiger partial charge < -0.3 is 5.32 Å². The average molecular weight is 328 g/mol. The molecule has 1 aliphatic heterocycles. The average Bonchev–Trinajstić information content (AvgIpc) is 2.45. The molecule has 0 radical (unpaired) electrons. The second-order valence-corrected chi connectivity index (χ2v) is 5.20. The number of rotatable bonds is 4. The molecule has 3 nitrogen and oxygen atoms in total. The van der Waals surface area contributed by atoms with Crippen LogP contribution in [0.3, 0.4) is 0 Å². The molecule has 0 bridgehead atoms.